The number of aliphatic carboxylic acids is 1. The van der Waals surface area contributed by atoms with E-state index in [4.69, 9.17) is 9.84 Å². The van der Waals surface area contributed by atoms with E-state index in [-0.39, 0.29) is 17.4 Å². The third-order valence-corrected chi connectivity index (χ3v) is 5.16. The Morgan fingerprint density at radius 1 is 1.14 bits per heavy atom. The molecule has 0 saturated heterocycles. The van der Waals surface area contributed by atoms with Crippen LogP contribution in [-0.4, -0.2) is 17.4 Å². The van der Waals surface area contributed by atoms with Crippen molar-refractivity contribution >= 4 is 5.97 Å². The van der Waals surface area contributed by atoms with Gasteiger partial charge in [-0.15, -0.1) is 13.2 Å². The zero-order chi connectivity index (χ0) is 20.1. The van der Waals surface area contributed by atoms with Crippen molar-refractivity contribution in [3.63, 3.8) is 0 Å². The van der Waals surface area contributed by atoms with E-state index in [9.17, 15) is 22.4 Å². The van der Waals surface area contributed by atoms with Crippen molar-refractivity contribution in [2.75, 3.05) is 0 Å². The second-order valence-corrected chi connectivity index (χ2v) is 6.99. The summed E-state index contributed by atoms with van der Waals surface area (Å²) in [5.41, 5.74) is 1.36. The van der Waals surface area contributed by atoms with Gasteiger partial charge in [0.15, 0.2) is 0 Å². The molecule has 0 bridgehead atoms. The van der Waals surface area contributed by atoms with E-state index in [1.807, 2.05) is 0 Å². The molecule has 0 radical (unpaired) electrons. The minimum absolute atomic E-state index is 0.244. The fraction of sp³-hybridized carbons (Fsp3) is 0.350. The molecule has 2 unspecified atom stereocenters. The van der Waals surface area contributed by atoms with Gasteiger partial charge in [-0.3, -0.25) is 4.79 Å². The molecule has 3 atom stereocenters. The number of rotatable bonds is 5. The van der Waals surface area contributed by atoms with E-state index in [2.05, 4.69) is 4.74 Å². The van der Waals surface area contributed by atoms with Crippen molar-refractivity contribution in [3.8, 4) is 11.5 Å². The number of benzene rings is 2. The average Bonchev–Trinajstić information content (AvgIpc) is 3.29. The van der Waals surface area contributed by atoms with E-state index in [0.29, 0.717) is 36.0 Å². The minimum atomic E-state index is -4.77. The molecule has 2 aromatic rings. The maximum absolute atomic E-state index is 14.4. The fourth-order valence-electron chi connectivity index (χ4n) is 3.78. The first kappa shape index (κ1) is 18.6. The summed E-state index contributed by atoms with van der Waals surface area (Å²) in [5.74, 6) is -2.38. The third-order valence-electron chi connectivity index (χ3n) is 5.16. The van der Waals surface area contributed by atoms with Crippen molar-refractivity contribution in [2.45, 2.75) is 37.6 Å². The van der Waals surface area contributed by atoms with Crippen LogP contribution in [-0.2, 0) is 11.2 Å². The fourth-order valence-corrected chi connectivity index (χ4v) is 3.78. The number of hydrogen-bond donors (Lipinski definition) is 1. The molecule has 1 saturated carbocycles. The second-order valence-electron chi connectivity index (χ2n) is 6.99. The van der Waals surface area contributed by atoms with Crippen molar-refractivity contribution in [1.29, 1.82) is 0 Å². The maximum atomic E-state index is 14.4. The molecule has 8 heteroatoms. The van der Waals surface area contributed by atoms with Gasteiger partial charge >= 0.3 is 12.3 Å². The van der Waals surface area contributed by atoms with Crippen LogP contribution < -0.4 is 9.47 Å². The lowest BCUT2D eigenvalue weighted by molar-refractivity contribution is -0.274. The van der Waals surface area contributed by atoms with Gasteiger partial charge in [0, 0.05) is 17.5 Å². The van der Waals surface area contributed by atoms with Crippen LogP contribution in [0.1, 0.15) is 41.6 Å². The number of halogens is 4. The van der Waals surface area contributed by atoms with Crippen LogP contribution in [0.3, 0.4) is 0 Å². The number of carboxylic acids is 1. The number of hydrogen-bond acceptors (Lipinski definition) is 3. The summed E-state index contributed by atoms with van der Waals surface area (Å²) >= 11 is 0. The number of fused-ring (bicyclic) bond motifs is 1. The third kappa shape index (κ3) is 3.63. The average molecular weight is 396 g/mol. The van der Waals surface area contributed by atoms with Gasteiger partial charge in [0.1, 0.15) is 23.4 Å². The highest BCUT2D eigenvalue weighted by Crippen LogP contribution is 2.49. The zero-order valence-corrected chi connectivity index (χ0v) is 14.5. The van der Waals surface area contributed by atoms with E-state index >= 15 is 0 Å². The molecule has 1 N–H and O–H groups in total. The van der Waals surface area contributed by atoms with Gasteiger partial charge in [-0.1, -0.05) is 18.2 Å². The predicted octanol–water partition coefficient (Wildman–Crippen LogP) is 4.98. The Bertz CT molecular complexity index is 925. The molecule has 0 aromatic heterocycles. The quantitative estimate of drug-likeness (QED) is 0.725. The highest BCUT2D eigenvalue weighted by atomic mass is 19.4. The van der Waals surface area contributed by atoms with Gasteiger partial charge in [0.2, 0.25) is 0 Å². The van der Waals surface area contributed by atoms with Crippen molar-refractivity contribution in [1.82, 2.24) is 0 Å². The molecular formula is C20H16F4O4. The van der Waals surface area contributed by atoms with Crippen LogP contribution in [0.25, 0.3) is 0 Å². The molecule has 2 aromatic carbocycles. The minimum Gasteiger partial charge on any atom is -0.486 e. The molecule has 0 heterocycles. The Morgan fingerprint density at radius 2 is 1.93 bits per heavy atom. The summed E-state index contributed by atoms with van der Waals surface area (Å²) in [6.07, 6.45) is -4.08. The molecule has 148 valence electrons. The van der Waals surface area contributed by atoms with Gasteiger partial charge in [-0.25, -0.2) is 4.39 Å². The van der Waals surface area contributed by atoms with E-state index in [0.717, 1.165) is 0 Å². The monoisotopic (exact) mass is 396 g/mol. The predicted molar refractivity (Wildman–Crippen MR) is 89.7 cm³/mol. The highest BCUT2D eigenvalue weighted by Gasteiger charge is 2.45. The van der Waals surface area contributed by atoms with E-state index < -0.39 is 30.2 Å². The first-order valence-corrected chi connectivity index (χ1v) is 8.79. The number of ether oxygens (including phenoxy) is 2. The van der Waals surface area contributed by atoms with Crippen LogP contribution in [0.5, 0.6) is 11.5 Å². The smallest absolute Gasteiger partial charge is 0.486 e. The van der Waals surface area contributed by atoms with Crippen molar-refractivity contribution in [3.05, 3.63) is 58.9 Å². The lowest BCUT2D eigenvalue weighted by Gasteiger charge is -2.17. The number of alkyl halides is 3. The van der Waals surface area contributed by atoms with E-state index in [1.165, 1.54) is 24.3 Å². The maximum Gasteiger partial charge on any atom is 0.573 e. The standard InChI is InChI=1S/C20H16F4O4/c21-16-8-10(4-5-11(16)14-9-15(14)19(25)26)27-17-7-6-13-12(17)2-1-3-18(13)28-20(22,23)24/h1-5,8,14-15,17H,6-7,9H2,(H,25,26)/t14?,15?,17-/m1/s1. The van der Waals surface area contributed by atoms with Gasteiger partial charge in [0.05, 0.1) is 5.92 Å². The molecule has 0 aliphatic heterocycles. The molecule has 4 rings (SSSR count). The van der Waals surface area contributed by atoms with Crippen LogP contribution in [0.15, 0.2) is 36.4 Å². The largest absolute Gasteiger partial charge is 0.573 e. The second kappa shape index (κ2) is 6.68. The van der Waals surface area contributed by atoms with Gasteiger partial charge < -0.3 is 14.6 Å². The summed E-state index contributed by atoms with van der Waals surface area (Å²) in [5, 5.41) is 8.98. The van der Waals surface area contributed by atoms with E-state index in [1.54, 1.807) is 12.1 Å². The Hall–Kier alpha value is -2.77. The summed E-state index contributed by atoms with van der Waals surface area (Å²) in [6.45, 7) is 0. The van der Waals surface area contributed by atoms with Gasteiger partial charge in [-0.05, 0) is 42.5 Å². The van der Waals surface area contributed by atoms with Crippen molar-refractivity contribution < 1.29 is 36.9 Å². The Labute approximate surface area is 157 Å². The molecule has 28 heavy (non-hydrogen) atoms. The SMILES string of the molecule is O=C(O)C1CC1c1ccc(O[C@@H]2CCc3c(OC(F)(F)F)cccc32)cc1F. The Morgan fingerprint density at radius 3 is 2.57 bits per heavy atom. The molecular weight excluding hydrogens is 380 g/mol. The molecule has 0 amide bonds. The van der Waals surface area contributed by atoms with Gasteiger partial charge in [-0.2, -0.15) is 0 Å². The lowest BCUT2D eigenvalue weighted by Crippen LogP contribution is -2.18. The number of carbonyl (C=O) groups is 1. The summed E-state index contributed by atoms with van der Waals surface area (Å²) < 4.78 is 61.9. The van der Waals surface area contributed by atoms with Crippen LogP contribution >= 0.6 is 0 Å². The molecule has 2 aliphatic carbocycles. The Balaban J connectivity index is 1.51. The summed E-state index contributed by atoms with van der Waals surface area (Å²) in [6, 6.07) is 8.66. The van der Waals surface area contributed by atoms with Crippen LogP contribution in [0, 0.1) is 11.7 Å². The summed E-state index contributed by atoms with van der Waals surface area (Å²) in [7, 11) is 0. The molecule has 2 aliphatic rings. The topological polar surface area (TPSA) is 55.8 Å². The van der Waals surface area contributed by atoms with Crippen molar-refractivity contribution in [2.24, 2.45) is 5.92 Å². The molecule has 1 fully saturated rings. The first-order chi connectivity index (χ1) is 13.2. The lowest BCUT2D eigenvalue weighted by atomic mass is 10.1. The van der Waals surface area contributed by atoms with Crippen LogP contribution in [0.4, 0.5) is 17.6 Å². The highest BCUT2D eigenvalue weighted by molar-refractivity contribution is 5.75. The van der Waals surface area contributed by atoms with Gasteiger partial charge in [0.25, 0.3) is 0 Å². The first-order valence-electron chi connectivity index (χ1n) is 8.79. The Kier molecular flexibility index (Phi) is 4.44. The molecule has 4 nitrogen and oxygen atoms in total. The number of carboxylic acid groups (broad SMARTS) is 1. The summed E-state index contributed by atoms with van der Waals surface area (Å²) in [4.78, 5) is 11.0. The zero-order valence-electron chi connectivity index (χ0n) is 14.5. The van der Waals surface area contributed by atoms with Crippen LogP contribution in [0.2, 0.25) is 0 Å². The molecule has 0 spiro atoms. The normalized spacial score (nSPS) is 23.2.